The lowest BCUT2D eigenvalue weighted by Crippen LogP contribution is -2.35. The van der Waals surface area contributed by atoms with E-state index in [1.165, 1.54) is 19.3 Å². The average molecular weight is 268 g/mol. The Bertz CT molecular complexity index is 271. The van der Waals surface area contributed by atoms with E-state index in [0.717, 1.165) is 51.4 Å². The van der Waals surface area contributed by atoms with Crippen molar-refractivity contribution < 1.29 is 9.53 Å². The first kappa shape index (κ1) is 14.8. The van der Waals surface area contributed by atoms with Crippen LogP contribution in [0.3, 0.4) is 0 Å². The van der Waals surface area contributed by atoms with Gasteiger partial charge < -0.3 is 15.0 Å². The molecule has 0 saturated carbocycles. The van der Waals surface area contributed by atoms with E-state index in [-0.39, 0.29) is 12.0 Å². The zero-order chi connectivity index (χ0) is 13.5. The van der Waals surface area contributed by atoms with Crippen molar-refractivity contribution in [3.63, 3.8) is 0 Å². The van der Waals surface area contributed by atoms with Crippen molar-refractivity contribution in [3.05, 3.63) is 0 Å². The third-order valence-electron chi connectivity index (χ3n) is 4.43. The summed E-state index contributed by atoms with van der Waals surface area (Å²) in [5.41, 5.74) is 0. The van der Waals surface area contributed by atoms with Gasteiger partial charge in [0.2, 0.25) is 5.91 Å². The summed E-state index contributed by atoms with van der Waals surface area (Å²) in [5.74, 6) is 1.04. The summed E-state index contributed by atoms with van der Waals surface area (Å²) < 4.78 is 5.64. The Hall–Kier alpha value is -0.610. The highest BCUT2D eigenvalue weighted by Crippen LogP contribution is 2.18. The summed E-state index contributed by atoms with van der Waals surface area (Å²) in [4.78, 5) is 14.0. The van der Waals surface area contributed by atoms with E-state index in [1.54, 1.807) is 0 Å². The molecule has 1 N–H and O–H groups in total. The van der Waals surface area contributed by atoms with Crippen molar-refractivity contribution >= 4 is 5.91 Å². The Balaban J connectivity index is 1.63. The van der Waals surface area contributed by atoms with E-state index in [1.807, 2.05) is 11.9 Å². The molecule has 0 aromatic rings. The van der Waals surface area contributed by atoms with Gasteiger partial charge in [-0.15, -0.1) is 0 Å². The van der Waals surface area contributed by atoms with Crippen molar-refractivity contribution in [2.75, 3.05) is 33.3 Å². The van der Waals surface area contributed by atoms with E-state index in [2.05, 4.69) is 5.32 Å². The van der Waals surface area contributed by atoms with Gasteiger partial charge >= 0.3 is 0 Å². The molecule has 2 fully saturated rings. The number of nitrogens with one attached hydrogen (secondary N) is 1. The Labute approximate surface area is 116 Å². The van der Waals surface area contributed by atoms with E-state index >= 15 is 0 Å². The lowest BCUT2D eigenvalue weighted by molar-refractivity contribution is -0.134. The Morgan fingerprint density at radius 3 is 2.74 bits per heavy atom. The molecule has 1 unspecified atom stereocenters. The lowest BCUT2D eigenvalue weighted by atomic mass is 9.94. The van der Waals surface area contributed by atoms with Crippen LogP contribution in [0.1, 0.15) is 44.9 Å². The molecule has 2 aliphatic heterocycles. The minimum atomic E-state index is 0.169. The molecule has 2 rings (SSSR count). The molecule has 0 spiro atoms. The van der Waals surface area contributed by atoms with Crippen LogP contribution in [-0.2, 0) is 9.53 Å². The summed E-state index contributed by atoms with van der Waals surface area (Å²) in [5, 5.41) is 3.38. The van der Waals surface area contributed by atoms with Crippen LogP contribution in [0, 0.1) is 5.92 Å². The van der Waals surface area contributed by atoms with Crippen molar-refractivity contribution in [1.29, 1.82) is 0 Å². The monoisotopic (exact) mass is 268 g/mol. The maximum absolute atomic E-state index is 12.1. The summed E-state index contributed by atoms with van der Waals surface area (Å²) in [6.45, 7) is 4.00. The molecular weight excluding hydrogens is 240 g/mol. The zero-order valence-corrected chi connectivity index (χ0v) is 12.2. The number of amides is 1. The first-order chi connectivity index (χ1) is 9.25. The van der Waals surface area contributed by atoms with Gasteiger partial charge in [-0.3, -0.25) is 4.79 Å². The normalized spacial score (nSPS) is 25.2. The van der Waals surface area contributed by atoms with Crippen LogP contribution in [0.2, 0.25) is 0 Å². The molecule has 0 aliphatic carbocycles. The Morgan fingerprint density at radius 1 is 1.26 bits per heavy atom. The van der Waals surface area contributed by atoms with Gasteiger partial charge in [-0.25, -0.2) is 0 Å². The standard InChI is InChI=1S/C15H28N2O2/c1-17(10-7-13-5-8-16-9-6-13)15(18)12-14-4-2-3-11-19-14/h13-14,16H,2-12H2,1H3. The molecule has 110 valence electrons. The average Bonchev–Trinajstić information content (AvgIpc) is 2.47. The topological polar surface area (TPSA) is 41.6 Å². The van der Waals surface area contributed by atoms with Gasteiger partial charge in [-0.2, -0.15) is 0 Å². The molecule has 2 aliphatic rings. The number of piperidine rings is 1. The molecule has 0 aromatic heterocycles. The molecule has 2 saturated heterocycles. The molecule has 0 aromatic carbocycles. The first-order valence-electron chi connectivity index (χ1n) is 7.82. The third-order valence-corrected chi connectivity index (χ3v) is 4.43. The fourth-order valence-electron chi connectivity index (χ4n) is 2.99. The number of ether oxygens (including phenoxy) is 1. The van der Waals surface area contributed by atoms with Crippen LogP contribution in [0.5, 0.6) is 0 Å². The van der Waals surface area contributed by atoms with E-state index in [9.17, 15) is 4.79 Å². The predicted octanol–water partition coefficient (Wildman–Crippen LogP) is 1.79. The molecule has 2 heterocycles. The molecule has 4 heteroatoms. The van der Waals surface area contributed by atoms with Gasteiger partial charge in [0, 0.05) is 20.2 Å². The second kappa shape index (κ2) is 7.85. The molecule has 1 amide bonds. The fourth-order valence-corrected chi connectivity index (χ4v) is 2.99. The van der Waals surface area contributed by atoms with Crippen LogP contribution in [0.4, 0.5) is 0 Å². The van der Waals surface area contributed by atoms with Crippen LogP contribution in [0.15, 0.2) is 0 Å². The Kier molecular flexibility index (Phi) is 6.11. The van der Waals surface area contributed by atoms with Gasteiger partial charge in [-0.05, 0) is 57.5 Å². The fraction of sp³-hybridized carbons (Fsp3) is 0.933. The van der Waals surface area contributed by atoms with E-state index in [4.69, 9.17) is 4.74 Å². The zero-order valence-electron chi connectivity index (χ0n) is 12.2. The summed E-state index contributed by atoms with van der Waals surface area (Å²) in [7, 11) is 1.94. The minimum absolute atomic E-state index is 0.169. The van der Waals surface area contributed by atoms with Crippen LogP contribution in [-0.4, -0.2) is 50.2 Å². The third kappa shape index (κ3) is 5.11. The highest BCUT2D eigenvalue weighted by atomic mass is 16.5. The van der Waals surface area contributed by atoms with Crippen molar-refractivity contribution in [2.24, 2.45) is 5.92 Å². The first-order valence-corrected chi connectivity index (χ1v) is 7.82. The number of nitrogens with zero attached hydrogens (tertiary/aromatic N) is 1. The molecular formula is C15H28N2O2. The van der Waals surface area contributed by atoms with Gasteiger partial charge in [0.15, 0.2) is 0 Å². The van der Waals surface area contributed by atoms with Crippen LogP contribution < -0.4 is 5.32 Å². The lowest BCUT2D eigenvalue weighted by Gasteiger charge is -2.27. The smallest absolute Gasteiger partial charge is 0.224 e. The van der Waals surface area contributed by atoms with Gasteiger partial charge in [-0.1, -0.05) is 0 Å². The number of rotatable bonds is 5. The summed E-state index contributed by atoms with van der Waals surface area (Å²) >= 11 is 0. The highest BCUT2D eigenvalue weighted by Gasteiger charge is 2.20. The maximum atomic E-state index is 12.1. The molecule has 4 nitrogen and oxygen atoms in total. The quantitative estimate of drug-likeness (QED) is 0.826. The second-order valence-corrected chi connectivity index (χ2v) is 5.99. The SMILES string of the molecule is CN(CCC1CCNCC1)C(=O)CC1CCCCO1. The molecule has 1 atom stereocenters. The van der Waals surface area contributed by atoms with Crippen molar-refractivity contribution in [2.45, 2.75) is 51.0 Å². The van der Waals surface area contributed by atoms with Crippen LogP contribution in [0.25, 0.3) is 0 Å². The number of carbonyl (C=O) groups excluding carboxylic acids is 1. The molecule has 19 heavy (non-hydrogen) atoms. The summed E-state index contributed by atoms with van der Waals surface area (Å²) in [6, 6.07) is 0. The van der Waals surface area contributed by atoms with E-state index in [0.29, 0.717) is 6.42 Å². The van der Waals surface area contributed by atoms with Gasteiger partial charge in [0.25, 0.3) is 0 Å². The molecule has 0 bridgehead atoms. The maximum Gasteiger partial charge on any atom is 0.224 e. The predicted molar refractivity (Wildman–Crippen MR) is 76.1 cm³/mol. The second-order valence-electron chi connectivity index (χ2n) is 5.99. The number of hydrogen-bond acceptors (Lipinski definition) is 3. The van der Waals surface area contributed by atoms with Crippen molar-refractivity contribution in [1.82, 2.24) is 10.2 Å². The summed E-state index contributed by atoms with van der Waals surface area (Å²) in [6.07, 6.45) is 7.81. The highest BCUT2D eigenvalue weighted by molar-refractivity contribution is 5.76. The van der Waals surface area contributed by atoms with Crippen LogP contribution >= 0.6 is 0 Å². The molecule has 0 radical (unpaired) electrons. The van der Waals surface area contributed by atoms with Gasteiger partial charge in [0.1, 0.15) is 0 Å². The van der Waals surface area contributed by atoms with Crippen molar-refractivity contribution in [3.8, 4) is 0 Å². The number of carbonyl (C=O) groups is 1. The largest absolute Gasteiger partial charge is 0.378 e. The minimum Gasteiger partial charge on any atom is -0.378 e. The Morgan fingerprint density at radius 2 is 2.05 bits per heavy atom. The number of hydrogen-bond donors (Lipinski definition) is 1. The van der Waals surface area contributed by atoms with Gasteiger partial charge in [0.05, 0.1) is 12.5 Å². The van der Waals surface area contributed by atoms with E-state index < -0.39 is 0 Å².